The van der Waals surface area contributed by atoms with E-state index in [9.17, 15) is 23.5 Å². The van der Waals surface area contributed by atoms with E-state index in [4.69, 9.17) is 0 Å². The van der Waals surface area contributed by atoms with E-state index in [1.165, 1.54) is 18.6 Å². The van der Waals surface area contributed by atoms with Gasteiger partial charge in [-0.3, -0.25) is 20.2 Å². The molecule has 0 atom stereocenters. The van der Waals surface area contributed by atoms with Crippen molar-refractivity contribution >= 4 is 45.8 Å². The minimum Gasteiger partial charge on any atom is -0.392 e. The van der Waals surface area contributed by atoms with Crippen LogP contribution in [0.5, 0.6) is 0 Å². The first kappa shape index (κ1) is 34.5. The van der Waals surface area contributed by atoms with Crippen molar-refractivity contribution in [2.45, 2.75) is 118 Å². The number of nitrogens with zero attached hydrogens (tertiary/aromatic N) is 4. The number of anilines is 2. The molecule has 254 valence electrons. The predicted octanol–water partition coefficient (Wildman–Crippen LogP) is 8.70. The first-order valence-electron chi connectivity index (χ1n) is 16.6. The number of carbonyl (C=O) groups is 2. The summed E-state index contributed by atoms with van der Waals surface area (Å²) in [7, 11) is 0. The quantitative estimate of drug-likeness (QED) is 0.177. The molecule has 0 bridgehead atoms. The van der Waals surface area contributed by atoms with Gasteiger partial charge in [-0.15, -0.1) is 0 Å². The Balaban J connectivity index is 0.000000185. The number of rotatable bonds is 8. The molecule has 11 heteroatoms. The molecular formula is C36H48F2N6O3. The first-order chi connectivity index (χ1) is 22.1. The Labute approximate surface area is 275 Å². The summed E-state index contributed by atoms with van der Waals surface area (Å²) in [6.45, 7) is 12.2. The monoisotopic (exact) mass is 650 g/mol. The zero-order chi connectivity index (χ0) is 34.1. The van der Waals surface area contributed by atoms with Gasteiger partial charge in [-0.05, 0) is 79.2 Å². The lowest BCUT2D eigenvalue weighted by Crippen LogP contribution is -2.24. The third kappa shape index (κ3) is 8.36. The van der Waals surface area contributed by atoms with Crippen LogP contribution in [0, 0.1) is 10.8 Å². The lowest BCUT2D eigenvalue weighted by molar-refractivity contribution is -0.118. The van der Waals surface area contributed by atoms with Gasteiger partial charge >= 0.3 is 0 Å². The van der Waals surface area contributed by atoms with Gasteiger partial charge in [0.05, 0.1) is 28.7 Å². The van der Waals surface area contributed by atoms with E-state index in [1.807, 2.05) is 43.5 Å². The summed E-state index contributed by atoms with van der Waals surface area (Å²) in [5, 5.41) is 15.3. The number of halogens is 2. The molecule has 3 N–H and O–H groups in total. The first-order valence-corrected chi connectivity index (χ1v) is 16.6. The van der Waals surface area contributed by atoms with Crippen LogP contribution in [-0.4, -0.2) is 36.0 Å². The maximum atomic E-state index is 13.0. The van der Waals surface area contributed by atoms with Crippen molar-refractivity contribution in [1.82, 2.24) is 19.1 Å². The smallest absolute Gasteiger partial charge is 0.263 e. The molecular weight excluding hydrogens is 602 g/mol. The molecule has 4 aromatic rings. The van der Waals surface area contributed by atoms with E-state index in [-0.39, 0.29) is 40.9 Å². The molecule has 0 spiro atoms. The van der Waals surface area contributed by atoms with Gasteiger partial charge in [0.25, 0.3) is 6.43 Å². The highest BCUT2D eigenvalue weighted by molar-refractivity contribution is 5.93. The van der Waals surface area contributed by atoms with Crippen molar-refractivity contribution < 1.29 is 23.5 Å². The molecule has 2 aliphatic carbocycles. The summed E-state index contributed by atoms with van der Waals surface area (Å²) in [4.78, 5) is 33.7. The van der Waals surface area contributed by atoms with E-state index in [2.05, 4.69) is 45.9 Å². The SMILES string of the molecule is CC(C)(C)CC(=O)Nc1nc2ccc(C(F)F)cc2n1C1CCC1.CC(C)(C)CC(=O)Nc1nc2ccc(CO)cc2n1C1CCC1. The highest BCUT2D eigenvalue weighted by Crippen LogP contribution is 2.39. The Bertz CT molecular complexity index is 1740. The molecule has 2 amide bonds. The number of aliphatic hydroxyl groups is 1. The molecule has 2 aromatic heterocycles. The molecule has 0 saturated heterocycles. The van der Waals surface area contributed by atoms with Crippen LogP contribution in [0.15, 0.2) is 36.4 Å². The summed E-state index contributed by atoms with van der Waals surface area (Å²) < 4.78 is 30.1. The normalized spacial score (nSPS) is 15.7. The summed E-state index contributed by atoms with van der Waals surface area (Å²) >= 11 is 0. The van der Waals surface area contributed by atoms with E-state index < -0.39 is 6.43 Å². The Morgan fingerprint density at radius 2 is 1.23 bits per heavy atom. The Morgan fingerprint density at radius 1 is 0.787 bits per heavy atom. The van der Waals surface area contributed by atoms with Crippen molar-refractivity contribution in [3.8, 4) is 0 Å². The van der Waals surface area contributed by atoms with Gasteiger partial charge in [0, 0.05) is 30.5 Å². The number of aromatic nitrogens is 4. The van der Waals surface area contributed by atoms with E-state index >= 15 is 0 Å². The summed E-state index contributed by atoms with van der Waals surface area (Å²) in [5.41, 5.74) is 3.83. The van der Waals surface area contributed by atoms with Gasteiger partial charge in [0.2, 0.25) is 23.7 Å². The molecule has 2 fully saturated rings. The standard InChI is InChI=1S/C18H23F2N3O.C18H25N3O2/c1-18(2,3)10-15(24)22-17-21-13-8-7-11(16(19)20)9-14(13)23(17)12-5-4-6-12;1-18(2,3)10-16(23)20-17-19-14-8-7-12(11-22)9-15(14)21(17)13-5-4-6-13/h7-9,12,16H,4-6,10H2,1-3H3,(H,21,22,24);7-9,13,22H,4-6,10-11H2,1-3H3,(H,19,20,23). The van der Waals surface area contributed by atoms with Gasteiger partial charge < -0.3 is 14.2 Å². The van der Waals surface area contributed by atoms with Crippen LogP contribution >= 0.6 is 0 Å². The molecule has 2 saturated carbocycles. The van der Waals surface area contributed by atoms with Crippen LogP contribution in [-0.2, 0) is 16.2 Å². The molecule has 0 aliphatic heterocycles. The van der Waals surface area contributed by atoms with Crippen LogP contribution in [0.25, 0.3) is 22.1 Å². The molecule has 6 rings (SSSR count). The van der Waals surface area contributed by atoms with Gasteiger partial charge in [0.15, 0.2) is 0 Å². The molecule has 47 heavy (non-hydrogen) atoms. The number of alkyl halides is 2. The zero-order valence-corrected chi connectivity index (χ0v) is 28.4. The molecule has 2 aliphatic rings. The van der Waals surface area contributed by atoms with Crippen molar-refractivity contribution in [2.24, 2.45) is 10.8 Å². The van der Waals surface area contributed by atoms with Gasteiger partial charge in [0.1, 0.15) is 0 Å². The van der Waals surface area contributed by atoms with Gasteiger partial charge in [-0.1, -0.05) is 53.7 Å². The fourth-order valence-corrected chi connectivity index (χ4v) is 5.99. The van der Waals surface area contributed by atoms with Crippen LogP contribution in [0.3, 0.4) is 0 Å². The molecule has 9 nitrogen and oxygen atoms in total. The second-order valence-electron chi connectivity index (χ2n) is 15.4. The third-order valence-electron chi connectivity index (χ3n) is 8.67. The van der Waals surface area contributed by atoms with Gasteiger partial charge in [-0.2, -0.15) is 0 Å². The molecule has 0 radical (unpaired) electrons. The largest absolute Gasteiger partial charge is 0.392 e. The number of fused-ring (bicyclic) bond motifs is 2. The number of benzene rings is 2. The van der Waals surface area contributed by atoms with Crippen molar-refractivity contribution in [3.63, 3.8) is 0 Å². The van der Waals surface area contributed by atoms with E-state index in [1.54, 1.807) is 6.07 Å². The summed E-state index contributed by atoms with van der Waals surface area (Å²) in [5.74, 6) is 0.993. The topological polar surface area (TPSA) is 114 Å². The average Bonchev–Trinajstić information content (AvgIpc) is 3.41. The fourth-order valence-electron chi connectivity index (χ4n) is 5.99. The number of imidazole rings is 2. The van der Waals surface area contributed by atoms with Crippen molar-refractivity contribution in [1.29, 1.82) is 0 Å². The maximum absolute atomic E-state index is 13.0. The Kier molecular flexibility index (Phi) is 10.1. The van der Waals surface area contributed by atoms with E-state index in [0.717, 1.165) is 48.7 Å². The number of hydrogen-bond acceptors (Lipinski definition) is 5. The van der Waals surface area contributed by atoms with Crippen LogP contribution in [0.1, 0.15) is 123 Å². The highest BCUT2D eigenvalue weighted by Gasteiger charge is 2.28. The minimum atomic E-state index is -2.52. The minimum absolute atomic E-state index is 0.00392. The number of hydrogen-bond donors (Lipinski definition) is 3. The molecule has 2 heterocycles. The molecule has 2 aromatic carbocycles. The highest BCUT2D eigenvalue weighted by atomic mass is 19.3. The predicted molar refractivity (Wildman–Crippen MR) is 182 cm³/mol. The number of amides is 2. The second kappa shape index (κ2) is 13.7. The fraction of sp³-hybridized carbons (Fsp3) is 0.556. The Morgan fingerprint density at radius 3 is 1.62 bits per heavy atom. The second-order valence-corrected chi connectivity index (χ2v) is 15.4. The lowest BCUT2D eigenvalue weighted by atomic mass is 9.92. The van der Waals surface area contributed by atoms with Crippen LogP contribution in [0.4, 0.5) is 20.7 Å². The summed E-state index contributed by atoms with van der Waals surface area (Å²) in [6.07, 6.45) is 4.81. The van der Waals surface area contributed by atoms with Crippen molar-refractivity contribution in [3.05, 3.63) is 47.5 Å². The van der Waals surface area contributed by atoms with E-state index in [0.29, 0.717) is 41.8 Å². The lowest BCUT2D eigenvalue weighted by Gasteiger charge is -2.29. The average molecular weight is 651 g/mol. The van der Waals surface area contributed by atoms with Crippen molar-refractivity contribution in [2.75, 3.05) is 10.6 Å². The van der Waals surface area contributed by atoms with Crippen LogP contribution < -0.4 is 10.6 Å². The zero-order valence-electron chi connectivity index (χ0n) is 28.4. The summed E-state index contributed by atoms with van der Waals surface area (Å²) in [6, 6.07) is 10.9. The molecule has 0 unspecified atom stereocenters. The maximum Gasteiger partial charge on any atom is 0.263 e. The van der Waals surface area contributed by atoms with Gasteiger partial charge in [-0.25, -0.2) is 18.7 Å². The number of carbonyl (C=O) groups excluding carboxylic acids is 2. The number of nitrogens with one attached hydrogen (secondary N) is 2. The van der Waals surface area contributed by atoms with Crippen LogP contribution in [0.2, 0.25) is 0 Å². The third-order valence-corrected chi connectivity index (χ3v) is 8.67. The number of aliphatic hydroxyl groups excluding tert-OH is 1. The Hall–Kier alpha value is -3.86.